The molecule has 0 unspecified atom stereocenters. The van der Waals surface area contributed by atoms with Gasteiger partial charge in [-0.2, -0.15) is 0 Å². The molecule has 3 rings (SSSR count). The lowest BCUT2D eigenvalue weighted by Gasteiger charge is -2.49. The molecule has 0 aromatic heterocycles. The Morgan fingerprint density at radius 1 is 1.44 bits per heavy atom. The van der Waals surface area contributed by atoms with Crippen molar-refractivity contribution in [2.45, 2.75) is 51.2 Å². The summed E-state index contributed by atoms with van der Waals surface area (Å²) in [6.07, 6.45) is 3.22. The summed E-state index contributed by atoms with van der Waals surface area (Å²) in [5, 5.41) is 11.1. The SMILES string of the molecule is C=C1C[C@@H]2OC(=O)C(C)=C2[C@]2(O)C[C@@H](C)CC[C@@H]12. The summed E-state index contributed by atoms with van der Waals surface area (Å²) in [5.41, 5.74) is 1.61. The van der Waals surface area contributed by atoms with Crippen LogP contribution in [0.4, 0.5) is 0 Å². The van der Waals surface area contributed by atoms with Gasteiger partial charge in [0.05, 0.1) is 5.60 Å². The lowest BCUT2D eigenvalue weighted by molar-refractivity contribution is -0.141. The first kappa shape index (κ1) is 12.0. The van der Waals surface area contributed by atoms with Gasteiger partial charge in [0, 0.05) is 23.5 Å². The molecule has 3 aliphatic rings. The van der Waals surface area contributed by atoms with Crippen LogP contribution in [-0.4, -0.2) is 22.8 Å². The summed E-state index contributed by atoms with van der Waals surface area (Å²) >= 11 is 0. The Kier molecular flexibility index (Phi) is 2.46. The number of hydrogen-bond donors (Lipinski definition) is 1. The number of aliphatic hydroxyl groups is 1. The summed E-state index contributed by atoms with van der Waals surface area (Å²) in [6.45, 7) is 8.04. The molecule has 18 heavy (non-hydrogen) atoms. The Hall–Kier alpha value is -1.09. The van der Waals surface area contributed by atoms with E-state index < -0.39 is 5.60 Å². The Morgan fingerprint density at radius 2 is 2.17 bits per heavy atom. The van der Waals surface area contributed by atoms with E-state index in [2.05, 4.69) is 13.5 Å². The van der Waals surface area contributed by atoms with Gasteiger partial charge in [-0.15, -0.1) is 0 Å². The lowest BCUT2D eigenvalue weighted by atomic mass is 9.59. The zero-order valence-corrected chi connectivity index (χ0v) is 11.0. The van der Waals surface area contributed by atoms with Crippen molar-refractivity contribution in [2.24, 2.45) is 11.8 Å². The monoisotopic (exact) mass is 248 g/mol. The number of fused-ring (bicyclic) bond motifs is 3. The van der Waals surface area contributed by atoms with Gasteiger partial charge in [-0.05, 0) is 32.1 Å². The molecule has 3 nitrogen and oxygen atoms in total. The van der Waals surface area contributed by atoms with E-state index in [-0.39, 0.29) is 18.0 Å². The third-order valence-electron chi connectivity index (χ3n) is 4.87. The molecule has 1 N–H and O–H groups in total. The number of esters is 1. The van der Waals surface area contributed by atoms with Crippen LogP contribution >= 0.6 is 0 Å². The maximum absolute atomic E-state index is 11.7. The Morgan fingerprint density at radius 3 is 2.89 bits per heavy atom. The van der Waals surface area contributed by atoms with Gasteiger partial charge in [0.1, 0.15) is 6.10 Å². The van der Waals surface area contributed by atoms with Crippen molar-refractivity contribution < 1.29 is 14.6 Å². The van der Waals surface area contributed by atoms with Crippen molar-refractivity contribution in [3.05, 3.63) is 23.3 Å². The van der Waals surface area contributed by atoms with Crippen LogP contribution in [0.2, 0.25) is 0 Å². The molecule has 1 heterocycles. The standard InChI is InChI=1S/C15H20O3/c1-8-4-5-11-9(2)6-12-13(15(11,17)7-8)10(3)14(16)18-12/h8,11-12,17H,2,4-7H2,1,3H3/t8-,11-,12-,15-/m0/s1. The smallest absolute Gasteiger partial charge is 0.334 e. The molecule has 0 aromatic rings. The third-order valence-corrected chi connectivity index (χ3v) is 4.87. The van der Waals surface area contributed by atoms with E-state index >= 15 is 0 Å². The molecule has 0 saturated heterocycles. The van der Waals surface area contributed by atoms with Gasteiger partial charge in [-0.1, -0.05) is 19.1 Å². The molecule has 1 aliphatic heterocycles. The maximum Gasteiger partial charge on any atom is 0.334 e. The summed E-state index contributed by atoms with van der Waals surface area (Å²) in [6, 6.07) is 0. The first-order valence-electron chi connectivity index (χ1n) is 6.75. The molecule has 0 radical (unpaired) electrons. The van der Waals surface area contributed by atoms with E-state index in [1.165, 1.54) is 0 Å². The van der Waals surface area contributed by atoms with Gasteiger partial charge in [0.15, 0.2) is 0 Å². The molecule has 0 aromatic carbocycles. The highest BCUT2D eigenvalue weighted by atomic mass is 16.5. The summed E-state index contributed by atoms with van der Waals surface area (Å²) < 4.78 is 5.36. The number of hydrogen-bond acceptors (Lipinski definition) is 3. The van der Waals surface area contributed by atoms with Crippen LogP contribution in [0.3, 0.4) is 0 Å². The average Bonchev–Trinajstić information content (AvgIpc) is 2.54. The topological polar surface area (TPSA) is 46.5 Å². The Balaban J connectivity index is 2.10. The second kappa shape index (κ2) is 3.70. The molecular weight excluding hydrogens is 228 g/mol. The fourth-order valence-electron chi connectivity index (χ4n) is 4.06. The van der Waals surface area contributed by atoms with E-state index in [1.807, 2.05) is 0 Å². The summed E-state index contributed by atoms with van der Waals surface area (Å²) in [5.74, 6) is 0.313. The van der Waals surface area contributed by atoms with Crippen molar-refractivity contribution in [1.82, 2.24) is 0 Å². The molecule has 3 heteroatoms. The van der Waals surface area contributed by atoms with E-state index in [0.717, 1.165) is 30.4 Å². The van der Waals surface area contributed by atoms with E-state index in [0.29, 0.717) is 17.9 Å². The van der Waals surface area contributed by atoms with Crippen LogP contribution in [0.15, 0.2) is 23.3 Å². The summed E-state index contributed by atoms with van der Waals surface area (Å²) in [4.78, 5) is 11.7. The van der Waals surface area contributed by atoms with Crippen molar-refractivity contribution in [1.29, 1.82) is 0 Å². The molecule has 2 fully saturated rings. The highest BCUT2D eigenvalue weighted by molar-refractivity contribution is 5.92. The van der Waals surface area contributed by atoms with Crippen molar-refractivity contribution in [2.75, 3.05) is 0 Å². The lowest BCUT2D eigenvalue weighted by Crippen LogP contribution is -2.51. The number of carbonyl (C=O) groups is 1. The van der Waals surface area contributed by atoms with Gasteiger partial charge in [0.25, 0.3) is 0 Å². The number of ether oxygens (including phenoxy) is 1. The minimum atomic E-state index is -0.895. The third kappa shape index (κ3) is 1.43. The first-order valence-corrected chi connectivity index (χ1v) is 6.75. The minimum Gasteiger partial charge on any atom is -0.454 e. The van der Waals surface area contributed by atoms with Crippen molar-refractivity contribution in [3.8, 4) is 0 Å². The zero-order chi connectivity index (χ0) is 13.1. The maximum atomic E-state index is 11.7. The van der Waals surface area contributed by atoms with E-state index in [4.69, 9.17) is 4.74 Å². The predicted molar refractivity (Wildman–Crippen MR) is 67.8 cm³/mol. The molecule has 0 bridgehead atoms. The van der Waals surface area contributed by atoms with Crippen LogP contribution in [0.25, 0.3) is 0 Å². The van der Waals surface area contributed by atoms with Crippen LogP contribution in [0.5, 0.6) is 0 Å². The molecule has 2 aliphatic carbocycles. The minimum absolute atomic E-state index is 0.101. The van der Waals surface area contributed by atoms with Crippen LogP contribution in [-0.2, 0) is 9.53 Å². The van der Waals surface area contributed by atoms with Crippen LogP contribution in [0.1, 0.15) is 39.5 Å². The van der Waals surface area contributed by atoms with E-state index in [1.54, 1.807) is 6.92 Å². The normalized spacial score (nSPS) is 43.6. The fraction of sp³-hybridized carbons (Fsp3) is 0.667. The van der Waals surface area contributed by atoms with Gasteiger partial charge < -0.3 is 9.84 Å². The van der Waals surface area contributed by atoms with Crippen LogP contribution < -0.4 is 0 Å². The molecule has 4 atom stereocenters. The number of rotatable bonds is 0. The molecule has 0 amide bonds. The highest BCUT2D eigenvalue weighted by Gasteiger charge is 2.55. The Bertz CT molecular complexity index is 462. The van der Waals surface area contributed by atoms with Gasteiger partial charge in [-0.3, -0.25) is 0 Å². The van der Waals surface area contributed by atoms with E-state index in [9.17, 15) is 9.90 Å². The highest BCUT2D eigenvalue weighted by Crippen LogP contribution is 2.53. The van der Waals surface area contributed by atoms with Gasteiger partial charge >= 0.3 is 5.97 Å². The quantitative estimate of drug-likeness (QED) is 0.529. The van der Waals surface area contributed by atoms with Crippen LogP contribution in [0, 0.1) is 11.8 Å². The molecule has 2 saturated carbocycles. The second-order valence-corrected chi connectivity index (χ2v) is 6.16. The molecular formula is C15H20O3. The van der Waals surface area contributed by atoms with Gasteiger partial charge in [-0.25, -0.2) is 4.79 Å². The zero-order valence-electron chi connectivity index (χ0n) is 11.0. The number of carbonyl (C=O) groups excluding carboxylic acids is 1. The first-order chi connectivity index (χ1) is 8.43. The molecule has 0 spiro atoms. The average molecular weight is 248 g/mol. The predicted octanol–water partition coefficient (Wildman–Crippen LogP) is 2.36. The largest absolute Gasteiger partial charge is 0.454 e. The van der Waals surface area contributed by atoms with Gasteiger partial charge in [0.2, 0.25) is 0 Å². The fourth-order valence-corrected chi connectivity index (χ4v) is 4.06. The second-order valence-electron chi connectivity index (χ2n) is 6.16. The molecule has 98 valence electrons. The summed E-state index contributed by atoms with van der Waals surface area (Å²) in [7, 11) is 0. The Labute approximate surface area is 108 Å². The van der Waals surface area contributed by atoms with Crippen molar-refractivity contribution in [3.63, 3.8) is 0 Å². The van der Waals surface area contributed by atoms with Crippen molar-refractivity contribution >= 4 is 5.97 Å².